The second-order valence-electron chi connectivity index (χ2n) is 15.1. The van der Waals surface area contributed by atoms with Gasteiger partial charge in [0.05, 0.1) is 18.8 Å². The normalized spacial score (nSPS) is 40.7. The number of rotatable bonds is 8. The average molecular weight is 609 g/mol. The molecule has 7 unspecified atom stereocenters. The molecule has 0 bridgehead atoms. The van der Waals surface area contributed by atoms with Crippen LogP contribution in [0.1, 0.15) is 108 Å². The fourth-order valence-corrected chi connectivity index (χ4v) is 10.6. The number of carbonyl (C=O) groups excluding carboxylic acids is 3. The van der Waals surface area contributed by atoms with Crippen molar-refractivity contribution in [1.82, 2.24) is 0 Å². The molecular weight excluding hydrogens is 556 g/mol. The van der Waals surface area contributed by atoms with E-state index in [1.807, 2.05) is 30.3 Å². The third-order valence-electron chi connectivity index (χ3n) is 13.1. The van der Waals surface area contributed by atoms with Gasteiger partial charge in [0.1, 0.15) is 11.9 Å². The molecule has 0 amide bonds. The van der Waals surface area contributed by atoms with E-state index in [9.17, 15) is 14.4 Å². The number of Topliss-reactive ketones (excluding diaryl/α,β-unsaturated/α-hetero) is 1. The molecule has 11 atom stereocenters. The summed E-state index contributed by atoms with van der Waals surface area (Å²) in [5, 5.41) is 0. The summed E-state index contributed by atoms with van der Waals surface area (Å²) < 4.78 is 24.8. The minimum absolute atomic E-state index is 0.000814. The van der Waals surface area contributed by atoms with E-state index in [0.29, 0.717) is 54.3 Å². The Morgan fingerprint density at radius 3 is 2.57 bits per heavy atom. The number of fused-ring (bicyclic) bond motifs is 5. The van der Waals surface area contributed by atoms with E-state index in [-0.39, 0.29) is 53.1 Å². The van der Waals surface area contributed by atoms with Crippen LogP contribution in [0.3, 0.4) is 0 Å². The lowest BCUT2D eigenvalue weighted by Crippen LogP contribution is -2.63. The SMILES string of the molecule is COC(=O)CCC(C)C1CCC2C3C(C[C@H](OC4CCCCO4)[C@]12C)[C@@]1(C)CCC(=O)CC1C[C@H]3OC(=O)c1ccccc1. The summed E-state index contributed by atoms with van der Waals surface area (Å²) in [6.45, 7) is 7.88. The van der Waals surface area contributed by atoms with Crippen molar-refractivity contribution >= 4 is 17.7 Å². The summed E-state index contributed by atoms with van der Waals surface area (Å²) in [6.07, 6.45) is 9.73. The molecule has 1 aromatic rings. The number of hydrogen-bond donors (Lipinski definition) is 0. The van der Waals surface area contributed by atoms with E-state index in [1.54, 1.807) is 0 Å². The first-order chi connectivity index (χ1) is 21.1. The van der Waals surface area contributed by atoms with Gasteiger partial charge in [-0.2, -0.15) is 0 Å². The largest absolute Gasteiger partial charge is 0.469 e. The third-order valence-corrected chi connectivity index (χ3v) is 13.1. The van der Waals surface area contributed by atoms with Crippen molar-refractivity contribution in [2.24, 2.45) is 46.3 Å². The fourth-order valence-electron chi connectivity index (χ4n) is 10.6. The molecule has 1 aromatic carbocycles. The zero-order chi connectivity index (χ0) is 31.1. The van der Waals surface area contributed by atoms with Crippen LogP contribution in [0.25, 0.3) is 0 Å². The van der Waals surface area contributed by atoms with Gasteiger partial charge in [-0.1, -0.05) is 39.0 Å². The number of ether oxygens (including phenoxy) is 4. The molecule has 4 saturated carbocycles. The van der Waals surface area contributed by atoms with Gasteiger partial charge in [0.2, 0.25) is 0 Å². The maximum Gasteiger partial charge on any atom is 0.338 e. The molecule has 5 fully saturated rings. The van der Waals surface area contributed by atoms with Crippen LogP contribution in [0.2, 0.25) is 0 Å². The van der Waals surface area contributed by atoms with Crippen LogP contribution in [0, 0.1) is 46.3 Å². The number of methoxy groups -OCH3 is 1. The number of benzene rings is 1. The van der Waals surface area contributed by atoms with Gasteiger partial charge in [-0.3, -0.25) is 9.59 Å². The molecule has 4 aliphatic carbocycles. The van der Waals surface area contributed by atoms with Crippen LogP contribution in [0.15, 0.2) is 30.3 Å². The Kier molecular flexibility index (Phi) is 9.27. The quantitative estimate of drug-likeness (QED) is 0.229. The maximum atomic E-state index is 13.6. The van der Waals surface area contributed by atoms with Gasteiger partial charge in [-0.25, -0.2) is 4.79 Å². The van der Waals surface area contributed by atoms with Crippen LogP contribution >= 0.6 is 0 Å². The molecule has 0 aromatic heterocycles. The number of esters is 2. The van der Waals surface area contributed by atoms with E-state index in [1.165, 1.54) is 7.11 Å². The van der Waals surface area contributed by atoms with Crippen molar-refractivity contribution in [3.63, 3.8) is 0 Å². The van der Waals surface area contributed by atoms with Gasteiger partial charge in [-0.05, 0) is 105 Å². The van der Waals surface area contributed by atoms with E-state index in [0.717, 1.165) is 64.4 Å². The lowest BCUT2D eigenvalue weighted by molar-refractivity contribution is -0.264. The highest BCUT2D eigenvalue weighted by molar-refractivity contribution is 5.89. The predicted octanol–water partition coefficient (Wildman–Crippen LogP) is 7.16. The Bertz CT molecular complexity index is 1190. The molecule has 1 saturated heterocycles. The first-order valence-electron chi connectivity index (χ1n) is 17.3. The van der Waals surface area contributed by atoms with E-state index < -0.39 is 0 Å². The molecule has 5 aliphatic rings. The Hall–Kier alpha value is -2.25. The average Bonchev–Trinajstić information content (AvgIpc) is 3.39. The number of carbonyl (C=O) groups is 3. The molecule has 1 heterocycles. The summed E-state index contributed by atoms with van der Waals surface area (Å²) in [5.41, 5.74) is 0.425. The maximum absolute atomic E-state index is 13.6. The van der Waals surface area contributed by atoms with Gasteiger partial charge in [-0.15, -0.1) is 0 Å². The topological polar surface area (TPSA) is 88.1 Å². The molecule has 0 N–H and O–H groups in total. The van der Waals surface area contributed by atoms with Gasteiger partial charge in [0, 0.05) is 37.2 Å². The van der Waals surface area contributed by atoms with Gasteiger partial charge >= 0.3 is 11.9 Å². The smallest absolute Gasteiger partial charge is 0.338 e. The van der Waals surface area contributed by atoms with E-state index in [4.69, 9.17) is 18.9 Å². The molecular formula is C37H52O7. The lowest BCUT2D eigenvalue weighted by atomic mass is 9.43. The van der Waals surface area contributed by atoms with Gasteiger partial charge in [0.15, 0.2) is 6.29 Å². The molecule has 1 aliphatic heterocycles. The van der Waals surface area contributed by atoms with Crippen molar-refractivity contribution in [2.75, 3.05) is 13.7 Å². The van der Waals surface area contributed by atoms with Crippen molar-refractivity contribution in [3.05, 3.63) is 35.9 Å². The van der Waals surface area contributed by atoms with Crippen LogP contribution in [0.4, 0.5) is 0 Å². The molecule has 7 nitrogen and oxygen atoms in total. The van der Waals surface area contributed by atoms with Gasteiger partial charge < -0.3 is 18.9 Å². The first-order valence-corrected chi connectivity index (χ1v) is 17.3. The highest BCUT2D eigenvalue weighted by Gasteiger charge is 2.67. The first kappa shape index (κ1) is 31.7. The fraction of sp³-hybridized carbons (Fsp3) is 0.757. The van der Waals surface area contributed by atoms with E-state index >= 15 is 0 Å². The van der Waals surface area contributed by atoms with Crippen molar-refractivity contribution in [2.45, 2.75) is 116 Å². The predicted molar refractivity (Wildman–Crippen MR) is 166 cm³/mol. The Morgan fingerprint density at radius 1 is 1.05 bits per heavy atom. The summed E-state index contributed by atoms with van der Waals surface area (Å²) in [6, 6.07) is 9.31. The lowest BCUT2D eigenvalue weighted by Gasteiger charge is -2.64. The molecule has 7 heteroatoms. The molecule has 242 valence electrons. The minimum atomic E-state index is -0.267. The molecule has 44 heavy (non-hydrogen) atoms. The van der Waals surface area contributed by atoms with Gasteiger partial charge in [0.25, 0.3) is 0 Å². The summed E-state index contributed by atoms with van der Waals surface area (Å²) >= 11 is 0. The molecule has 6 rings (SSSR count). The molecule has 0 radical (unpaired) electrons. The van der Waals surface area contributed by atoms with Crippen LogP contribution < -0.4 is 0 Å². The highest BCUT2D eigenvalue weighted by atomic mass is 16.7. The van der Waals surface area contributed by atoms with Crippen molar-refractivity contribution in [1.29, 1.82) is 0 Å². The zero-order valence-electron chi connectivity index (χ0n) is 27.1. The second-order valence-corrected chi connectivity index (χ2v) is 15.1. The van der Waals surface area contributed by atoms with Crippen molar-refractivity contribution < 1.29 is 33.3 Å². The Labute approximate surface area is 263 Å². The highest BCUT2D eigenvalue weighted by Crippen LogP contribution is 2.69. The third kappa shape index (κ3) is 5.77. The number of hydrogen-bond acceptors (Lipinski definition) is 7. The van der Waals surface area contributed by atoms with Crippen molar-refractivity contribution in [3.8, 4) is 0 Å². The monoisotopic (exact) mass is 608 g/mol. The Balaban J connectivity index is 1.36. The second kappa shape index (κ2) is 12.9. The number of ketones is 1. The molecule has 0 spiro atoms. The zero-order valence-corrected chi connectivity index (χ0v) is 27.1. The Morgan fingerprint density at radius 2 is 1.84 bits per heavy atom. The summed E-state index contributed by atoms with van der Waals surface area (Å²) in [7, 11) is 1.46. The standard InChI is InChI=1S/C37H52O7/c1-23(13-16-32(39)41-4)27-14-15-28-34-29(22-31(37(27,28)3)44-33-12-8-9-19-42-33)36(2)18-17-26(38)20-25(36)21-30(34)43-35(40)24-10-6-5-7-11-24/h5-7,10-11,23,25,27-31,33-34H,8-9,12-22H2,1-4H3/t23?,25?,27?,28?,29?,30-,31+,33?,34?,36+,37-/m1/s1. The van der Waals surface area contributed by atoms with Crippen LogP contribution in [-0.2, 0) is 28.5 Å². The van der Waals surface area contributed by atoms with E-state index in [2.05, 4.69) is 20.8 Å². The summed E-state index contributed by atoms with van der Waals surface area (Å²) in [5.74, 6) is 1.61. The minimum Gasteiger partial charge on any atom is -0.469 e. The van der Waals surface area contributed by atoms with Crippen LogP contribution in [0.5, 0.6) is 0 Å². The van der Waals surface area contributed by atoms with Crippen LogP contribution in [-0.4, -0.2) is 49.9 Å². The summed E-state index contributed by atoms with van der Waals surface area (Å²) in [4.78, 5) is 38.5.